The number of rotatable bonds is 6. The lowest BCUT2D eigenvalue weighted by Crippen LogP contribution is -2.25. The summed E-state index contributed by atoms with van der Waals surface area (Å²) < 4.78 is 5.05. The number of hydrogen-bond donors (Lipinski definition) is 3. The molecule has 100 valence electrons. The first-order valence-corrected chi connectivity index (χ1v) is 5.93. The van der Waals surface area contributed by atoms with Crippen LogP contribution in [0.2, 0.25) is 0 Å². The second-order valence-corrected chi connectivity index (χ2v) is 4.24. The van der Waals surface area contributed by atoms with E-state index in [0.717, 1.165) is 6.42 Å². The van der Waals surface area contributed by atoms with Crippen LogP contribution in [0.5, 0.6) is 5.75 Å². The highest BCUT2D eigenvalue weighted by molar-refractivity contribution is 5.95. The predicted octanol–water partition coefficient (Wildman–Crippen LogP) is 1.17. The number of nitrogens with one attached hydrogen (secondary N) is 1. The second kappa shape index (κ2) is 6.86. The lowest BCUT2D eigenvalue weighted by molar-refractivity contribution is 0.0949. The van der Waals surface area contributed by atoms with Crippen LogP contribution < -0.4 is 15.8 Å². The quantitative estimate of drug-likeness (QED) is 0.524. The molecule has 1 aromatic carbocycles. The van der Waals surface area contributed by atoms with Gasteiger partial charge in [-0.05, 0) is 31.9 Å². The van der Waals surface area contributed by atoms with Gasteiger partial charge in [-0.2, -0.15) is 0 Å². The maximum absolute atomic E-state index is 11.8. The fourth-order valence-electron chi connectivity index (χ4n) is 1.57. The molecular formula is C13H20N2O3. The van der Waals surface area contributed by atoms with E-state index >= 15 is 0 Å². The zero-order valence-electron chi connectivity index (χ0n) is 10.8. The van der Waals surface area contributed by atoms with E-state index in [9.17, 15) is 4.79 Å². The maximum atomic E-state index is 11.8. The molecule has 0 aromatic heterocycles. The number of aliphatic hydroxyl groups excluding tert-OH is 1. The van der Waals surface area contributed by atoms with Crippen molar-refractivity contribution in [1.82, 2.24) is 5.32 Å². The smallest absolute Gasteiger partial charge is 0.251 e. The van der Waals surface area contributed by atoms with Crippen LogP contribution in [-0.4, -0.2) is 30.8 Å². The largest absolute Gasteiger partial charge is 0.497 e. The van der Waals surface area contributed by atoms with Gasteiger partial charge in [-0.15, -0.1) is 0 Å². The molecule has 0 aliphatic rings. The van der Waals surface area contributed by atoms with Gasteiger partial charge in [-0.1, -0.05) is 0 Å². The van der Waals surface area contributed by atoms with E-state index in [0.29, 0.717) is 30.0 Å². The summed E-state index contributed by atoms with van der Waals surface area (Å²) in [6.07, 6.45) is 1.07. The van der Waals surface area contributed by atoms with Crippen molar-refractivity contribution in [2.45, 2.75) is 25.9 Å². The van der Waals surface area contributed by atoms with Crippen LogP contribution >= 0.6 is 0 Å². The number of hydrogen-bond acceptors (Lipinski definition) is 4. The highest BCUT2D eigenvalue weighted by Gasteiger charge is 2.08. The van der Waals surface area contributed by atoms with Crippen LogP contribution in [0.1, 0.15) is 30.1 Å². The summed E-state index contributed by atoms with van der Waals surface area (Å²) in [7, 11) is 1.53. The molecule has 1 amide bonds. The Kier molecular flexibility index (Phi) is 5.45. The Hall–Kier alpha value is -1.75. The maximum Gasteiger partial charge on any atom is 0.251 e. The second-order valence-electron chi connectivity index (χ2n) is 4.24. The summed E-state index contributed by atoms with van der Waals surface area (Å²) in [4.78, 5) is 11.8. The summed E-state index contributed by atoms with van der Waals surface area (Å²) in [6.45, 7) is 2.26. The van der Waals surface area contributed by atoms with E-state index < -0.39 is 0 Å². The molecule has 0 heterocycles. The predicted molar refractivity (Wildman–Crippen MR) is 70.7 cm³/mol. The molecule has 4 N–H and O–H groups in total. The first-order valence-electron chi connectivity index (χ1n) is 5.93. The topological polar surface area (TPSA) is 84.6 Å². The van der Waals surface area contributed by atoms with Crippen molar-refractivity contribution < 1.29 is 14.6 Å². The lowest BCUT2D eigenvalue weighted by Gasteiger charge is -2.08. The molecule has 18 heavy (non-hydrogen) atoms. The van der Waals surface area contributed by atoms with E-state index in [2.05, 4.69) is 5.32 Å². The Balaban J connectivity index is 2.53. The number of aliphatic hydroxyl groups is 1. The van der Waals surface area contributed by atoms with Gasteiger partial charge in [0.15, 0.2) is 0 Å². The number of methoxy groups -OCH3 is 1. The van der Waals surface area contributed by atoms with Gasteiger partial charge in [0.25, 0.3) is 5.91 Å². The molecule has 0 aliphatic carbocycles. The van der Waals surface area contributed by atoms with Gasteiger partial charge < -0.3 is 20.9 Å². The molecule has 0 radical (unpaired) electrons. The van der Waals surface area contributed by atoms with Crippen LogP contribution in [0.3, 0.4) is 0 Å². The SMILES string of the molecule is COc1cc(N)cc(C(=O)NCCCC(C)O)c1. The number of ether oxygens (including phenoxy) is 1. The standard InChI is InChI=1S/C13H20N2O3/c1-9(16)4-3-5-15-13(17)10-6-11(14)8-12(7-10)18-2/h6-9,16H,3-5,14H2,1-2H3,(H,15,17). The van der Waals surface area contributed by atoms with Gasteiger partial charge in [0, 0.05) is 23.9 Å². The molecule has 1 rings (SSSR count). The average molecular weight is 252 g/mol. The molecule has 5 nitrogen and oxygen atoms in total. The zero-order valence-corrected chi connectivity index (χ0v) is 10.8. The molecule has 1 atom stereocenters. The van der Waals surface area contributed by atoms with Gasteiger partial charge in [-0.25, -0.2) is 0 Å². The van der Waals surface area contributed by atoms with Crippen molar-refractivity contribution in [2.75, 3.05) is 19.4 Å². The fourth-order valence-corrected chi connectivity index (χ4v) is 1.57. The van der Waals surface area contributed by atoms with Crippen LogP contribution in [0.15, 0.2) is 18.2 Å². The van der Waals surface area contributed by atoms with Crippen LogP contribution in [-0.2, 0) is 0 Å². The molecule has 0 fully saturated rings. The number of nitrogens with two attached hydrogens (primary N) is 1. The number of anilines is 1. The molecule has 5 heteroatoms. The number of carbonyl (C=O) groups is 1. The van der Waals surface area contributed by atoms with E-state index in [1.165, 1.54) is 7.11 Å². The highest BCUT2D eigenvalue weighted by atomic mass is 16.5. The molecule has 0 bridgehead atoms. The van der Waals surface area contributed by atoms with Crippen molar-refractivity contribution in [1.29, 1.82) is 0 Å². The third-order valence-corrected chi connectivity index (χ3v) is 2.51. The molecule has 0 saturated heterocycles. The zero-order chi connectivity index (χ0) is 13.5. The lowest BCUT2D eigenvalue weighted by atomic mass is 10.1. The van der Waals surface area contributed by atoms with Gasteiger partial charge in [0.1, 0.15) is 5.75 Å². The number of amides is 1. The van der Waals surface area contributed by atoms with Crippen molar-refractivity contribution in [3.05, 3.63) is 23.8 Å². The summed E-state index contributed by atoms with van der Waals surface area (Å²) in [5.74, 6) is 0.371. The van der Waals surface area contributed by atoms with Crippen LogP contribution in [0, 0.1) is 0 Å². The van der Waals surface area contributed by atoms with E-state index in [-0.39, 0.29) is 12.0 Å². The third kappa shape index (κ3) is 4.63. The molecular weight excluding hydrogens is 232 g/mol. The van der Waals surface area contributed by atoms with Crippen molar-refractivity contribution in [3.8, 4) is 5.75 Å². The Morgan fingerprint density at radius 2 is 2.22 bits per heavy atom. The van der Waals surface area contributed by atoms with E-state index in [1.54, 1.807) is 25.1 Å². The third-order valence-electron chi connectivity index (χ3n) is 2.51. The van der Waals surface area contributed by atoms with Gasteiger partial charge in [-0.3, -0.25) is 4.79 Å². The Morgan fingerprint density at radius 3 is 2.83 bits per heavy atom. The summed E-state index contributed by atoms with van der Waals surface area (Å²) in [6, 6.07) is 4.90. The summed E-state index contributed by atoms with van der Waals surface area (Å²) >= 11 is 0. The minimum Gasteiger partial charge on any atom is -0.497 e. The number of carbonyl (C=O) groups excluding carboxylic acids is 1. The van der Waals surface area contributed by atoms with Crippen LogP contribution in [0.4, 0.5) is 5.69 Å². The molecule has 0 saturated carbocycles. The molecule has 0 spiro atoms. The Morgan fingerprint density at radius 1 is 1.50 bits per heavy atom. The minimum absolute atomic E-state index is 0.189. The van der Waals surface area contributed by atoms with Crippen molar-refractivity contribution >= 4 is 11.6 Å². The summed E-state index contributed by atoms with van der Waals surface area (Å²) in [5.41, 5.74) is 6.64. The van der Waals surface area contributed by atoms with Gasteiger partial charge >= 0.3 is 0 Å². The van der Waals surface area contributed by atoms with Gasteiger partial charge in [0.05, 0.1) is 13.2 Å². The highest BCUT2D eigenvalue weighted by Crippen LogP contribution is 2.18. The molecule has 0 aliphatic heterocycles. The minimum atomic E-state index is -0.339. The number of nitrogen functional groups attached to an aromatic ring is 1. The summed E-state index contributed by atoms with van der Waals surface area (Å²) in [5, 5.41) is 11.9. The average Bonchev–Trinajstić information content (AvgIpc) is 2.33. The monoisotopic (exact) mass is 252 g/mol. The van der Waals surface area contributed by atoms with E-state index in [1.807, 2.05) is 0 Å². The van der Waals surface area contributed by atoms with E-state index in [4.69, 9.17) is 15.6 Å². The first-order chi connectivity index (χ1) is 8.52. The van der Waals surface area contributed by atoms with Crippen molar-refractivity contribution in [2.24, 2.45) is 0 Å². The number of benzene rings is 1. The van der Waals surface area contributed by atoms with Gasteiger partial charge in [0.2, 0.25) is 0 Å². The van der Waals surface area contributed by atoms with Crippen LogP contribution in [0.25, 0.3) is 0 Å². The molecule has 1 unspecified atom stereocenters. The fraction of sp³-hybridized carbons (Fsp3) is 0.462. The Bertz CT molecular complexity index is 405. The molecule has 1 aromatic rings. The van der Waals surface area contributed by atoms with Crippen molar-refractivity contribution in [3.63, 3.8) is 0 Å². The normalized spacial score (nSPS) is 11.9. The first kappa shape index (κ1) is 14.3. The Labute approximate surface area is 107 Å².